The molecule has 0 heterocycles. The number of hydrogen-bond donors (Lipinski definition) is 1. The normalized spacial score (nSPS) is 12.0. The van der Waals surface area contributed by atoms with Crippen LogP contribution in [0.25, 0.3) is 0 Å². The highest BCUT2D eigenvalue weighted by atomic mass is 35.5. The number of amides is 2. The molecule has 0 aliphatic heterocycles. The molecule has 0 spiro atoms. The Morgan fingerprint density at radius 1 is 0.923 bits per heavy atom. The zero-order chi connectivity index (χ0) is 28.6. The van der Waals surface area contributed by atoms with Crippen LogP contribution >= 0.6 is 23.2 Å². The minimum Gasteiger partial charge on any atom is -0.354 e. The largest absolute Gasteiger partial charge is 0.354 e. The molecule has 0 aromatic heterocycles. The van der Waals surface area contributed by atoms with Crippen molar-refractivity contribution in [3.8, 4) is 0 Å². The molecule has 0 radical (unpaired) electrons. The van der Waals surface area contributed by atoms with Crippen molar-refractivity contribution in [3.05, 3.63) is 99.5 Å². The third kappa shape index (κ3) is 8.71. The van der Waals surface area contributed by atoms with E-state index >= 15 is 0 Å². The highest BCUT2D eigenvalue weighted by Crippen LogP contribution is 2.26. The molecule has 10 heteroatoms. The van der Waals surface area contributed by atoms with Gasteiger partial charge in [-0.2, -0.15) is 0 Å². The number of halogens is 2. The van der Waals surface area contributed by atoms with Crippen LogP contribution in [0.2, 0.25) is 10.0 Å². The summed E-state index contributed by atoms with van der Waals surface area (Å²) in [6, 6.07) is 20.3. The number of carbonyl (C=O) groups is 2. The molecule has 1 atom stereocenters. The van der Waals surface area contributed by atoms with Crippen LogP contribution in [0.3, 0.4) is 0 Å². The first-order valence-electron chi connectivity index (χ1n) is 12.6. The van der Waals surface area contributed by atoms with Gasteiger partial charge in [-0.1, -0.05) is 72.6 Å². The van der Waals surface area contributed by atoms with Gasteiger partial charge in [-0.05, 0) is 60.4 Å². The Hall–Kier alpha value is -3.07. The first kappa shape index (κ1) is 30.5. The summed E-state index contributed by atoms with van der Waals surface area (Å²) in [4.78, 5) is 28.9. The summed E-state index contributed by atoms with van der Waals surface area (Å²) >= 11 is 12.2. The summed E-state index contributed by atoms with van der Waals surface area (Å²) in [6.07, 6.45) is 2.04. The minimum atomic E-state index is -3.85. The van der Waals surface area contributed by atoms with Crippen LogP contribution in [0.4, 0.5) is 5.69 Å². The van der Waals surface area contributed by atoms with Gasteiger partial charge in [-0.3, -0.25) is 13.9 Å². The molecule has 0 saturated heterocycles. The summed E-state index contributed by atoms with van der Waals surface area (Å²) in [5.74, 6) is -0.825. The molecule has 3 aromatic rings. The first-order valence-corrected chi connectivity index (χ1v) is 15.2. The van der Waals surface area contributed by atoms with Crippen LogP contribution in [-0.4, -0.2) is 50.5 Å². The van der Waals surface area contributed by atoms with Crippen LogP contribution in [0.15, 0.2) is 72.8 Å². The maximum atomic E-state index is 14.0. The molecule has 3 aromatic carbocycles. The molecule has 7 nitrogen and oxygen atoms in total. The van der Waals surface area contributed by atoms with Gasteiger partial charge in [0.25, 0.3) is 0 Å². The monoisotopic (exact) mass is 589 g/mol. The summed E-state index contributed by atoms with van der Waals surface area (Å²) in [5, 5.41) is 3.91. The molecule has 208 valence electrons. The summed E-state index contributed by atoms with van der Waals surface area (Å²) in [5.41, 5.74) is 2.57. The fraction of sp³-hybridized carbons (Fsp3) is 0.310. The molecular formula is C29H33Cl2N3O4S. The van der Waals surface area contributed by atoms with E-state index in [1.807, 2.05) is 37.3 Å². The fourth-order valence-corrected chi connectivity index (χ4v) is 5.46. The van der Waals surface area contributed by atoms with Crippen LogP contribution in [0.1, 0.15) is 30.0 Å². The maximum absolute atomic E-state index is 14.0. The van der Waals surface area contributed by atoms with Crippen molar-refractivity contribution in [2.45, 2.75) is 39.3 Å². The topological polar surface area (TPSA) is 86.8 Å². The molecule has 0 bridgehead atoms. The summed E-state index contributed by atoms with van der Waals surface area (Å²) in [6.45, 7) is 3.73. The number of anilines is 1. The van der Waals surface area contributed by atoms with Crippen LogP contribution < -0.4 is 9.62 Å². The minimum absolute atomic E-state index is 0.0875. The van der Waals surface area contributed by atoms with Crippen molar-refractivity contribution in [1.29, 1.82) is 0 Å². The van der Waals surface area contributed by atoms with Crippen molar-refractivity contribution in [1.82, 2.24) is 10.2 Å². The van der Waals surface area contributed by atoms with Gasteiger partial charge in [0.15, 0.2) is 0 Å². The second kappa shape index (κ2) is 13.8. The van der Waals surface area contributed by atoms with Crippen LogP contribution in [-0.2, 0) is 32.6 Å². The highest BCUT2D eigenvalue weighted by molar-refractivity contribution is 7.92. The van der Waals surface area contributed by atoms with Gasteiger partial charge in [0.05, 0.1) is 11.9 Å². The number of benzene rings is 3. The average molecular weight is 591 g/mol. The Kier molecular flexibility index (Phi) is 10.8. The smallest absolute Gasteiger partial charge is 0.244 e. The van der Waals surface area contributed by atoms with Gasteiger partial charge in [-0.25, -0.2) is 8.42 Å². The molecule has 0 fully saturated rings. The second-order valence-electron chi connectivity index (χ2n) is 9.35. The van der Waals surface area contributed by atoms with Crippen molar-refractivity contribution < 1.29 is 18.0 Å². The summed E-state index contributed by atoms with van der Waals surface area (Å²) in [7, 11) is -3.85. The highest BCUT2D eigenvalue weighted by Gasteiger charge is 2.33. The molecule has 3 rings (SSSR count). The van der Waals surface area contributed by atoms with E-state index in [4.69, 9.17) is 23.2 Å². The zero-order valence-corrected chi connectivity index (χ0v) is 24.6. The van der Waals surface area contributed by atoms with Crippen molar-refractivity contribution in [2.24, 2.45) is 0 Å². The number of hydrogen-bond acceptors (Lipinski definition) is 4. The standard InChI is InChI=1S/C29H33Cl2N3O4S/c1-4-16-32-29(36)27(18-22-8-6-5-7-9-22)33(19-23-10-12-24(30)13-11-23)28(35)20-34(39(3,37)38)26-15-14-25(31)17-21(26)2/h5-15,17,27H,4,16,18-20H2,1-3H3,(H,32,36)/t27-/m1/s1. The van der Waals surface area contributed by atoms with E-state index in [1.165, 1.54) is 4.90 Å². The van der Waals surface area contributed by atoms with E-state index in [1.54, 1.807) is 49.4 Å². The Balaban J connectivity index is 2.05. The lowest BCUT2D eigenvalue weighted by molar-refractivity contribution is -0.140. The van der Waals surface area contributed by atoms with Gasteiger partial charge in [0, 0.05) is 29.6 Å². The van der Waals surface area contributed by atoms with Gasteiger partial charge in [-0.15, -0.1) is 0 Å². The van der Waals surface area contributed by atoms with Crippen LogP contribution in [0.5, 0.6) is 0 Å². The Morgan fingerprint density at radius 2 is 1.56 bits per heavy atom. The molecule has 2 amide bonds. The summed E-state index contributed by atoms with van der Waals surface area (Å²) < 4.78 is 26.8. The Morgan fingerprint density at radius 3 is 2.15 bits per heavy atom. The van der Waals surface area contributed by atoms with E-state index in [2.05, 4.69) is 5.32 Å². The number of sulfonamides is 1. The van der Waals surface area contributed by atoms with Crippen molar-refractivity contribution in [3.63, 3.8) is 0 Å². The maximum Gasteiger partial charge on any atom is 0.244 e. The van der Waals surface area contributed by atoms with E-state index in [0.717, 1.165) is 28.1 Å². The van der Waals surface area contributed by atoms with E-state index < -0.39 is 28.5 Å². The lowest BCUT2D eigenvalue weighted by Crippen LogP contribution is -2.53. The quantitative estimate of drug-likeness (QED) is 0.313. The first-order chi connectivity index (χ1) is 18.5. The van der Waals surface area contributed by atoms with Gasteiger partial charge in [0.1, 0.15) is 12.6 Å². The molecule has 0 saturated carbocycles. The van der Waals surface area contributed by atoms with Crippen molar-refractivity contribution in [2.75, 3.05) is 23.7 Å². The third-order valence-electron chi connectivity index (χ3n) is 6.19. The third-order valence-corrected chi connectivity index (χ3v) is 7.81. The second-order valence-corrected chi connectivity index (χ2v) is 12.1. The molecule has 39 heavy (non-hydrogen) atoms. The number of carbonyl (C=O) groups excluding carboxylic acids is 2. The number of aryl methyl sites for hydroxylation is 1. The van der Waals surface area contributed by atoms with E-state index in [9.17, 15) is 18.0 Å². The number of rotatable bonds is 12. The van der Waals surface area contributed by atoms with Gasteiger partial charge >= 0.3 is 0 Å². The lowest BCUT2D eigenvalue weighted by Gasteiger charge is -2.33. The van der Waals surface area contributed by atoms with Crippen LogP contribution in [0, 0.1) is 6.92 Å². The van der Waals surface area contributed by atoms with Gasteiger partial charge in [0.2, 0.25) is 21.8 Å². The number of nitrogens with zero attached hydrogens (tertiary/aromatic N) is 2. The zero-order valence-electron chi connectivity index (χ0n) is 22.2. The predicted octanol–water partition coefficient (Wildman–Crippen LogP) is 5.23. The number of nitrogens with one attached hydrogen (secondary N) is 1. The SMILES string of the molecule is CCCNC(=O)[C@@H](Cc1ccccc1)N(Cc1ccc(Cl)cc1)C(=O)CN(c1ccc(Cl)cc1C)S(C)(=O)=O. The van der Waals surface area contributed by atoms with Gasteiger partial charge < -0.3 is 10.2 Å². The van der Waals surface area contributed by atoms with Crippen molar-refractivity contribution >= 4 is 50.7 Å². The predicted molar refractivity (Wildman–Crippen MR) is 158 cm³/mol. The molecule has 0 aliphatic rings. The molecule has 0 unspecified atom stereocenters. The molecule has 1 N–H and O–H groups in total. The fourth-order valence-electron chi connectivity index (χ4n) is 4.20. The van der Waals surface area contributed by atoms with E-state index in [-0.39, 0.29) is 18.9 Å². The molecule has 0 aliphatic carbocycles. The Labute approximate surface area is 240 Å². The average Bonchev–Trinajstić information content (AvgIpc) is 2.89. The Bertz CT molecular complexity index is 1380. The van der Waals surface area contributed by atoms with E-state index in [0.29, 0.717) is 27.8 Å². The molecular weight excluding hydrogens is 557 g/mol. The lowest BCUT2D eigenvalue weighted by atomic mass is 10.0.